The summed E-state index contributed by atoms with van der Waals surface area (Å²) >= 11 is 0. The molecule has 1 N–H and O–H groups in total. The van der Waals surface area contributed by atoms with Crippen molar-refractivity contribution in [2.45, 2.75) is 71.2 Å². The summed E-state index contributed by atoms with van der Waals surface area (Å²) in [7, 11) is 1.21. The van der Waals surface area contributed by atoms with Crippen LogP contribution < -0.4 is 10.2 Å². The average molecular weight is 320 g/mol. The van der Waals surface area contributed by atoms with Crippen molar-refractivity contribution in [2.24, 2.45) is 0 Å². The first-order valence-corrected chi connectivity index (χ1v) is 8.20. The van der Waals surface area contributed by atoms with Crippen molar-refractivity contribution in [3.05, 3.63) is 23.8 Å². The second kappa shape index (κ2) is 6.12. The topological polar surface area (TPSA) is 47.9 Å². The molecule has 1 saturated heterocycles. The Hall–Kier alpha value is -1.04. The van der Waals surface area contributed by atoms with E-state index in [0.29, 0.717) is 6.42 Å². The molecule has 128 valence electrons. The quantitative estimate of drug-likeness (QED) is 0.848. The molecule has 0 aliphatic carbocycles. The third kappa shape index (κ3) is 4.08. The Kier molecular flexibility index (Phi) is 4.87. The van der Waals surface area contributed by atoms with E-state index in [1.54, 1.807) is 7.11 Å². The first-order valence-electron chi connectivity index (χ1n) is 8.20. The van der Waals surface area contributed by atoms with Gasteiger partial charge in [-0.3, -0.25) is 0 Å². The van der Waals surface area contributed by atoms with E-state index in [2.05, 4.69) is 6.07 Å². The fraction of sp³-hybridized carbons (Fsp3) is 0.667. The van der Waals surface area contributed by atoms with E-state index in [0.717, 1.165) is 23.2 Å². The Labute approximate surface area is 140 Å². The van der Waals surface area contributed by atoms with Crippen molar-refractivity contribution in [3.8, 4) is 5.75 Å². The molecule has 1 aromatic carbocycles. The van der Waals surface area contributed by atoms with Gasteiger partial charge in [0.05, 0.1) is 23.9 Å². The Morgan fingerprint density at radius 2 is 1.70 bits per heavy atom. The Morgan fingerprint density at radius 1 is 1.13 bits per heavy atom. The van der Waals surface area contributed by atoms with Crippen molar-refractivity contribution >= 4 is 12.6 Å². The summed E-state index contributed by atoms with van der Waals surface area (Å²) in [5, 5.41) is 9.92. The van der Waals surface area contributed by atoms with Crippen molar-refractivity contribution in [1.29, 1.82) is 0 Å². The predicted molar refractivity (Wildman–Crippen MR) is 93.3 cm³/mol. The number of aryl methyl sites for hydroxylation is 1. The van der Waals surface area contributed by atoms with E-state index in [4.69, 9.17) is 14.0 Å². The molecule has 1 heterocycles. The lowest BCUT2D eigenvalue weighted by Gasteiger charge is -2.32. The van der Waals surface area contributed by atoms with Crippen molar-refractivity contribution < 1.29 is 19.2 Å². The van der Waals surface area contributed by atoms with Gasteiger partial charge in [-0.2, -0.15) is 0 Å². The molecule has 1 aliphatic heterocycles. The summed E-state index contributed by atoms with van der Waals surface area (Å²) in [6.45, 7) is 11.8. The lowest BCUT2D eigenvalue weighted by molar-refractivity contribution is 0.00578. The van der Waals surface area contributed by atoms with Crippen LogP contribution in [0.2, 0.25) is 0 Å². The largest absolute Gasteiger partial charge is 0.498 e. The zero-order valence-corrected chi connectivity index (χ0v) is 15.4. The van der Waals surface area contributed by atoms with Crippen molar-refractivity contribution in [3.63, 3.8) is 0 Å². The molecule has 1 aliphatic rings. The van der Waals surface area contributed by atoms with Crippen LogP contribution in [0.3, 0.4) is 0 Å². The number of ether oxygens (including phenoxy) is 1. The minimum Gasteiger partial charge on any atom is -0.497 e. The van der Waals surface area contributed by atoms with Gasteiger partial charge >= 0.3 is 7.12 Å². The molecule has 0 aromatic heterocycles. The number of hydrogen-bond donors (Lipinski definition) is 1. The van der Waals surface area contributed by atoms with Gasteiger partial charge in [-0.1, -0.05) is 12.1 Å². The Balaban J connectivity index is 2.27. The van der Waals surface area contributed by atoms with Crippen molar-refractivity contribution in [1.82, 2.24) is 0 Å². The van der Waals surface area contributed by atoms with E-state index in [-0.39, 0.29) is 11.2 Å². The van der Waals surface area contributed by atoms with E-state index < -0.39 is 12.7 Å². The predicted octanol–water partition coefficient (Wildman–Crippen LogP) is 2.70. The minimum absolute atomic E-state index is 0.383. The molecule has 0 saturated carbocycles. The highest BCUT2D eigenvalue weighted by atomic mass is 16.7. The maximum absolute atomic E-state index is 9.92. The summed E-state index contributed by atoms with van der Waals surface area (Å²) in [5.41, 5.74) is 0.596. The minimum atomic E-state index is -0.676. The molecule has 1 aromatic rings. The fourth-order valence-electron chi connectivity index (χ4n) is 2.54. The van der Waals surface area contributed by atoms with Crippen LogP contribution in [0.1, 0.15) is 53.5 Å². The monoisotopic (exact) mass is 320 g/mol. The lowest BCUT2D eigenvalue weighted by Crippen LogP contribution is -2.41. The standard InChI is InChI=1S/C18H29BO4/c1-16(2,20)11-10-13-8-9-15(21-7)14(12-13)19-22-17(3,4)18(5,6)23-19/h8-9,12,20H,10-11H2,1-7H3. The van der Waals surface area contributed by atoms with Gasteiger partial charge in [0.25, 0.3) is 0 Å². The molecule has 4 nitrogen and oxygen atoms in total. The highest BCUT2D eigenvalue weighted by Gasteiger charge is 2.52. The zero-order chi connectivity index (χ0) is 17.5. The maximum Gasteiger partial charge on any atom is 0.498 e. The van der Waals surface area contributed by atoms with Gasteiger partial charge in [0.15, 0.2) is 0 Å². The first kappa shape index (κ1) is 18.3. The zero-order valence-electron chi connectivity index (χ0n) is 15.4. The van der Waals surface area contributed by atoms with Crippen LogP contribution in [0, 0.1) is 0 Å². The van der Waals surface area contributed by atoms with Crippen molar-refractivity contribution in [2.75, 3.05) is 7.11 Å². The molecular formula is C18H29BO4. The Bertz CT molecular complexity index is 545. The van der Waals surface area contributed by atoms with Crippen LogP contribution in [0.5, 0.6) is 5.75 Å². The maximum atomic E-state index is 9.92. The van der Waals surface area contributed by atoms with Gasteiger partial charge in [0, 0.05) is 5.46 Å². The summed E-state index contributed by atoms with van der Waals surface area (Å²) in [6.07, 6.45) is 1.49. The fourth-order valence-corrected chi connectivity index (χ4v) is 2.54. The molecule has 23 heavy (non-hydrogen) atoms. The summed E-state index contributed by atoms with van der Waals surface area (Å²) in [6, 6.07) is 6.03. The van der Waals surface area contributed by atoms with Gasteiger partial charge in [0.1, 0.15) is 5.75 Å². The SMILES string of the molecule is COc1ccc(CCC(C)(C)O)cc1B1OC(C)(C)C(C)(C)O1. The van der Waals surface area contributed by atoms with Gasteiger partial charge in [-0.25, -0.2) is 0 Å². The van der Waals surface area contributed by atoms with Gasteiger partial charge in [-0.15, -0.1) is 0 Å². The molecule has 5 heteroatoms. The number of hydrogen-bond acceptors (Lipinski definition) is 4. The van der Waals surface area contributed by atoms with Crippen LogP contribution in [0.25, 0.3) is 0 Å². The molecule has 0 atom stereocenters. The smallest absolute Gasteiger partial charge is 0.497 e. The van der Waals surface area contributed by atoms with Crippen LogP contribution in [-0.4, -0.2) is 36.1 Å². The number of benzene rings is 1. The molecule has 0 amide bonds. The van der Waals surface area contributed by atoms with Crippen LogP contribution >= 0.6 is 0 Å². The molecule has 0 spiro atoms. The second-order valence-corrected chi connectivity index (χ2v) is 7.98. The molecule has 0 radical (unpaired) electrons. The number of methoxy groups -OCH3 is 1. The summed E-state index contributed by atoms with van der Waals surface area (Å²) in [4.78, 5) is 0. The third-order valence-electron chi connectivity index (χ3n) is 4.83. The normalized spacial score (nSPS) is 19.9. The highest BCUT2D eigenvalue weighted by Crippen LogP contribution is 2.37. The summed E-state index contributed by atoms with van der Waals surface area (Å²) in [5.74, 6) is 0.760. The second-order valence-electron chi connectivity index (χ2n) is 7.98. The van der Waals surface area contributed by atoms with E-state index in [1.807, 2.05) is 53.7 Å². The van der Waals surface area contributed by atoms with Gasteiger partial charge in [0.2, 0.25) is 0 Å². The lowest BCUT2D eigenvalue weighted by atomic mass is 9.77. The number of aliphatic hydroxyl groups is 1. The summed E-state index contributed by atoms with van der Waals surface area (Å²) < 4.78 is 17.8. The average Bonchev–Trinajstić information content (AvgIpc) is 2.64. The van der Waals surface area contributed by atoms with Gasteiger partial charge in [-0.05, 0) is 66.0 Å². The van der Waals surface area contributed by atoms with E-state index >= 15 is 0 Å². The first-order chi connectivity index (χ1) is 10.5. The molecular weight excluding hydrogens is 291 g/mol. The number of rotatable bonds is 5. The van der Waals surface area contributed by atoms with Gasteiger partial charge < -0.3 is 19.2 Å². The molecule has 0 unspecified atom stereocenters. The van der Waals surface area contributed by atoms with Crippen LogP contribution in [0.4, 0.5) is 0 Å². The third-order valence-corrected chi connectivity index (χ3v) is 4.83. The van der Waals surface area contributed by atoms with Crippen LogP contribution in [-0.2, 0) is 15.7 Å². The van der Waals surface area contributed by atoms with E-state index in [1.165, 1.54) is 0 Å². The van der Waals surface area contributed by atoms with E-state index in [9.17, 15) is 5.11 Å². The highest BCUT2D eigenvalue weighted by molar-refractivity contribution is 6.63. The molecule has 1 fully saturated rings. The van der Waals surface area contributed by atoms with Crippen LogP contribution in [0.15, 0.2) is 18.2 Å². The molecule has 2 rings (SSSR count). The molecule has 0 bridgehead atoms. The Morgan fingerprint density at radius 3 is 2.17 bits per heavy atom.